The number of hydrogen-bond acceptors (Lipinski definition) is 3. The summed E-state index contributed by atoms with van der Waals surface area (Å²) in [5, 5.41) is 9.65. The third kappa shape index (κ3) is 2.59. The van der Waals surface area contributed by atoms with Gasteiger partial charge in [-0.05, 0) is 42.5 Å². The molecule has 128 valence electrons. The molecule has 0 spiro atoms. The van der Waals surface area contributed by atoms with E-state index in [1.165, 1.54) is 6.07 Å². The fourth-order valence-corrected chi connectivity index (χ4v) is 2.77. The van der Waals surface area contributed by atoms with Crippen molar-refractivity contribution in [3.63, 3.8) is 0 Å². The van der Waals surface area contributed by atoms with Crippen molar-refractivity contribution in [1.29, 1.82) is 5.26 Å². The van der Waals surface area contributed by atoms with Crippen molar-refractivity contribution in [2.24, 2.45) is 0 Å². The molecule has 0 amide bonds. The number of rotatable bonds is 1. The van der Waals surface area contributed by atoms with Crippen molar-refractivity contribution < 1.29 is 13.2 Å². The van der Waals surface area contributed by atoms with Crippen LogP contribution in [0.5, 0.6) is 0 Å². The van der Waals surface area contributed by atoms with Crippen LogP contribution >= 0.6 is 0 Å². The van der Waals surface area contributed by atoms with E-state index in [4.69, 9.17) is 5.26 Å². The van der Waals surface area contributed by atoms with Gasteiger partial charge in [-0.2, -0.15) is 18.4 Å². The maximum absolute atomic E-state index is 12.9. The highest BCUT2D eigenvalue weighted by Gasteiger charge is 2.30. The van der Waals surface area contributed by atoms with Crippen LogP contribution in [0.25, 0.3) is 33.3 Å². The lowest BCUT2D eigenvalue weighted by Crippen LogP contribution is -2.12. The Balaban J connectivity index is 1.92. The summed E-state index contributed by atoms with van der Waals surface area (Å²) in [4.78, 5) is 22.0. The predicted molar refractivity (Wildman–Crippen MR) is 89.4 cm³/mol. The topological polar surface area (TPSA) is 85.3 Å². The lowest BCUT2D eigenvalue weighted by atomic mass is 10.1. The molecule has 0 saturated carbocycles. The molecule has 4 aromatic rings. The molecule has 0 atom stereocenters. The third-order valence-electron chi connectivity index (χ3n) is 4.03. The standard InChI is InChI=1S/C18H9F3N4O/c19-18(20,21)11-2-4-13-14(7-11)24-16(17(26)25-13)15-6-10-5-9(8-22)1-3-12(10)23-15/h1-7,23H,(H,25,26). The summed E-state index contributed by atoms with van der Waals surface area (Å²) in [6.07, 6.45) is -4.50. The number of H-pyrrole nitrogens is 2. The number of nitrogens with one attached hydrogen (secondary N) is 2. The van der Waals surface area contributed by atoms with Crippen LogP contribution in [0.15, 0.2) is 47.3 Å². The van der Waals surface area contributed by atoms with Crippen molar-refractivity contribution in [2.45, 2.75) is 6.18 Å². The van der Waals surface area contributed by atoms with Crippen LogP contribution in [0.1, 0.15) is 11.1 Å². The molecule has 0 aliphatic carbocycles. The molecule has 0 unspecified atom stereocenters. The zero-order valence-electron chi connectivity index (χ0n) is 13.0. The summed E-state index contributed by atoms with van der Waals surface area (Å²) in [7, 11) is 0. The van der Waals surface area contributed by atoms with Gasteiger partial charge < -0.3 is 9.97 Å². The number of nitrogens with zero attached hydrogens (tertiary/aromatic N) is 2. The lowest BCUT2D eigenvalue weighted by molar-refractivity contribution is -0.137. The average molecular weight is 354 g/mol. The van der Waals surface area contributed by atoms with Crippen molar-refractivity contribution in [1.82, 2.24) is 15.0 Å². The van der Waals surface area contributed by atoms with E-state index in [2.05, 4.69) is 15.0 Å². The van der Waals surface area contributed by atoms with Crippen molar-refractivity contribution >= 4 is 21.9 Å². The highest BCUT2D eigenvalue weighted by atomic mass is 19.4. The van der Waals surface area contributed by atoms with Gasteiger partial charge in [-0.1, -0.05) is 0 Å². The fraction of sp³-hybridized carbons (Fsp3) is 0.0556. The van der Waals surface area contributed by atoms with Crippen LogP contribution in [0, 0.1) is 11.3 Å². The Labute approximate surface area is 143 Å². The first-order valence-corrected chi connectivity index (χ1v) is 7.50. The van der Waals surface area contributed by atoms with Crippen LogP contribution in [0.2, 0.25) is 0 Å². The number of halogens is 3. The molecule has 0 radical (unpaired) electrons. The van der Waals surface area contributed by atoms with Gasteiger partial charge in [0.05, 0.1) is 33.9 Å². The average Bonchev–Trinajstić information content (AvgIpc) is 3.02. The van der Waals surface area contributed by atoms with E-state index in [0.717, 1.165) is 12.1 Å². The first kappa shape index (κ1) is 15.9. The summed E-state index contributed by atoms with van der Waals surface area (Å²) in [5.41, 5.74) is 0.361. The van der Waals surface area contributed by atoms with E-state index in [-0.39, 0.29) is 16.7 Å². The quantitative estimate of drug-likeness (QED) is 0.542. The van der Waals surface area contributed by atoms with Crippen molar-refractivity contribution in [3.8, 4) is 17.5 Å². The van der Waals surface area contributed by atoms with Gasteiger partial charge in [-0.15, -0.1) is 0 Å². The number of benzene rings is 2. The molecule has 8 heteroatoms. The number of nitriles is 1. The summed E-state index contributed by atoms with van der Waals surface area (Å²) in [6.45, 7) is 0. The van der Waals surface area contributed by atoms with E-state index in [1.807, 2.05) is 6.07 Å². The zero-order chi connectivity index (χ0) is 18.5. The monoisotopic (exact) mass is 354 g/mol. The van der Waals surface area contributed by atoms with Crippen LogP contribution in [0.4, 0.5) is 13.2 Å². The van der Waals surface area contributed by atoms with Crippen LogP contribution in [-0.2, 0) is 6.18 Å². The normalized spacial score (nSPS) is 11.8. The highest BCUT2D eigenvalue weighted by molar-refractivity contribution is 5.87. The molecular formula is C18H9F3N4O. The van der Waals surface area contributed by atoms with Gasteiger partial charge in [0.25, 0.3) is 5.56 Å². The molecule has 2 aromatic heterocycles. The van der Waals surface area contributed by atoms with Crippen molar-refractivity contribution in [2.75, 3.05) is 0 Å². The number of hydrogen-bond donors (Lipinski definition) is 2. The predicted octanol–water partition coefficient (Wildman–Crippen LogP) is 3.96. The number of aromatic amines is 2. The van der Waals surface area contributed by atoms with Crippen molar-refractivity contribution in [3.05, 3.63) is 63.9 Å². The molecule has 5 nitrogen and oxygen atoms in total. The number of fused-ring (bicyclic) bond motifs is 2. The molecule has 0 fully saturated rings. The molecule has 0 saturated heterocycles. The van der Waals surface area contributed by atoms with Crippen LogP contribution < -0.4 is 5.56 Å². The van der Waals surface area contributed by atoms with E-state index >= 15 is 0 Å². The second-order valence-corrected chi connectivity index (χ2v) is 5.74. The van der Waals surface area contributed by atoms with E-state index in [0.29, 0.717) is 22.2 Å². The molecule has 2 heterocycles. The highest BCUT2D eigenvalue weighted by Crippen LogP contribution is 2.31. The minimum absolute atomic E-state index is 0.0217. The molecule has 26 heavy (non-hydrogen) atoms. The van der Waals surface area contributed by atoms with E-state index in [9.17, 15) is 18.0 Å². The van der Waals surface area contributed by atoms with Gasteiger partial charge in [0.15, 0.2) is 5.69 Å². The summed E-state index contributed by atoms with van der Waals surface area (Å²) < 4.78 is 38.7. The molecule has 0 aliphatic heterocycles. The third-order valence-corrected chi connectivity index (χ3v) is 4.03. The summed E-state index contributed by atoms with van der Waals surface area (Å²) in [5.74, 6) is 0. The van der Waals surface area contributed by atoms with Crippen LogP contribution in [0.3, 0.4) is 0 Å². The Kier molecular flexibility index (Phi) is 3.34. The van der Waals surface area contributed by atoms with Gasteiger partial charge in [0.2, 0.25) is 0 Å². The second kappa shape index (κ2) is 5.46. The molecule has 0 aliphatic rings. The van der Waals surface area contributed by atoms with Crippen LogP contribution in [-0.4, -0.2) is 15.0 Å². The molecule has 2 aromatic carbocycles. The smallest absolute Gasteiger partial charge is 0.353 e. The summed E-state index contributed by atoms with van der Waals surface area (Å²) >= 11 is 0. The van der Waals surface area contributed by atoms with E-state index < -0.39 is 17.3 Å². The molecule has 0 bridgehead atoms. The number of aromatic nitrogens is 3. The van der Waals surface area contributed by atoms with Gasteiger partial charge >= 0.3 is 6.18 Å². The van der Waals surface area contributed by atoms with E-state index in [1.54, 1.807) is 24.3 Å². The zero-order valence-corrected chi connectivity index (χ0v) is 13.0. The first-order chi connectivity index (χ1) is 12.3. The molecule has 4 rings (SSSR count). The van der Waals surface area contributed by atoms with Gasteiger partial charge in [-0.3, -0.25) is 4.79 Å². The van der Waals surface area contributed by atoms with Gasteiger partial charge in [0.1, 0.15) is 0 Å². The maximum Gasteiger partial charge on any atom is 0.416 e. The maximum atomic E-state index is 12.9. The first-order valence-electron chi connectivity index (χ1n) is 7.50. The Morgan fingerprint density at radius 2 is 1.77 bits per heavy atom. The molecular weight excluding hydrogens is 345 g/mol. The Morgan fingerprint density at radius 3 is 2.50 bits per heavy atom. The van der Waals surface area contributed by atoms with Gasteiger partial charge in [0, 0.05) is 10.9 Å². The molecule has 2 N–H and O–H groups in total. The Hall–Kier alpha value is -3.60. The fourth-order valence-electron chi connectivity index (χ4n) is 2.77. The minimum Gasteiger partial charge on any atom is -0.353 e. The lowest BCUT2D eigenvalue weighted by Gasteiger charge is -2.07. The number of alkyl halides is 3. The Bertz CT molecular complexity index is 1260. The van der Waals surface area contributed by atoms with Gasteiger partial charge in [-0.25, -0.2) is 4.98 Å². The minimum atomic E-state index is -4.50. The Morgan fingerprint density at radius 1 is 1.00 bits per heavy atom. The SMILES string of the molecule is N#Cc1ccc2[nH]c(-c3nc4cc(C(F)(F)F)ccc4[nH]c3=O)cc2c1. The second-order valence-electron chi connectivity index (χ2n) is 5.74. The summed E-state index contributed by atoms with van der Waals surface area (Å²) in [6, 6.07) is 11.6. The largest absolute Gasteiger partial charge is 0.416 e.